The first-order valence-corrected chi connectivity index (χ1v) is 6.65. The van der Waals surface area contributed by atoms with Crippen molar-refractivity contribution in [1.29, 1.82) is 0 Å². The third-order valence-electron chi connectivity index (χ3n) is 2.63. The lowest BCUT2D eigenvalue weighted by Crippen LogP contribution is -2.13. The molecule has 1 aromatic carbocycles. The minimum Gasteiger partial charge on any atom is -0.463 e. The largest absolute Gasteiger partial charge is 0.463 e. The van der Waals surface area contributed by atoms with Crippen LogP contribution in [0.2, 0.25) is 0 Å². The van der Waals surface area contributed by atoms with Gasteiger partial charge in [0.25, 0.3) is 0 Å². The number of hydrogen-bond acceptors (Lipinski definition) is 4. The van der Waals surface area contributed by atoms with E-state index in [0.29, 0.717) is 31.4 Å². The maximum Gasteiger partial charge on any atom is 0.310 e. The quantitative estimate of drug-likeness (QED) is 0.445. The van der Waals surface area contributed by atoms with Crippen molar-refractivity contribution < 1.29 is 14.3 Å². The number of anilines is 1. The van der Waals surface area contributed by atoms with Crippen LogP contribution in [0.5, 0.6) is 0 Å². The number of nitrogens with two attached hydrogens (primary N) is 1. The van der Waals surface area contributed by atoms with Crippen LogP contribution >= 0.6 is 0 Å². The van der Waals surface area contributed by atoms with Crippen LogP contribution in [0.25, 0.3) is 0 Å². The smallest absolute Gasteiger partial charge is 0.310 e. The molecule has 0 aliphatic rings. The van der Waals surface area contributed by atoms with E-state index in [4.69, 9.17) is 15.2 Å². The molecule has 0 heterocycles. The second-order valence-electron chi connectivity index (χ2n) is 4.94. The summed E-state index contributed by atoms with van der Waals surface area (Å²) in [6, 6.07) is 7.25. The first-order valence-electron chi connectivity index (χ1n) is 6.65. The highest BCUT2D eigenvalue weighted by Gasteiger charge is 2.05. The van der Waals surface area contributed by atoms with Crippen molar-refractivity contribution in [1.82, 2.24) is 0 Å². The summed E-state index contributed by atoms with van der Waals surface area (Å²) >= 11 is 0. The molecule has 0 fully saturated rings. The Morgan fingerprint density at radius 2 is 2.05 bits per heavy atom. The van der Waals surface area contributed by atoms with E-state index < -0.39 is 0 Å². The van der Waals surface area contributed by atoms with E-state index >= 15 is 0 Å². The average molecular weight is 265 g/mol. The highest BCUT2D eigenvalue weighted by atomic mass is 16.6. The predicted molar refractivity (Wildman–Crippen MR) is 75.8 cm³/mol. The van der Waals surface area contributed by atoms with E-state index in [1.807, 2.05) is 12.1 Å². The Balaban J connectivity index is 2.11. The molecule has 106 valence electrons. The van der Waals surface area contributed by atoms with Crippen LogP contribution in [0, 0.1) is 5.92 Å². The molecular formula is C15H23NO3. The van der Waals surface area contributed by atoms with Crippen molar-refractivity contribution in [3.63, 3.8) is 0 Å². The number of carbonyl (C=O) groups is 1. The van der Waals surface area contributed by atoms with Gasteiger partial charge in [-0.1, -0.05) is 26.0 Å². The fourth-order valence-corrected chi connectivity index (χ4v) is 1.56. The Kier molecular flexibility index (Phi) is 6.97. The number of nitrogen functional groups attached to an aromatic ring is 1. The Morgan fingerprint density at radius 1 is 1.26 bits per heavy atom. The molecular weight excluding hydrogens is 242 g/mol. The topological polar surface area (TPSA) is 61.5 Å². The highest BCUT2D eigenvalue weighted by molar-refractivity contribution is 5.72. The lowest BCUT2D eigenvalue weighted by atomic mass is 10.1. The number of rotatable bonds is 8. The Bertz CT molecular complexity index is 391. The lowest BCUT2D eigenvalue weighted by molar-refractivity contribution is -0.144. The maximum absolute atomic E-state index is 11.5. The first-order chi connectivity index (χ1) is 9.08. The van der Waals surface area contributed by atoms with Crippen molar-refractivity contribution in [2.45, 2.75) is 26.7 Å². The van der Waals surface area contributed by atoms with Crippen LogP contribution in [-0.4, -0.2) is 25.8 Å². The van der Waals surface area contributed by atoms with Crippen LogP contribution < -0.4 is 5.73 Å². The van der Waals surface area contributed by atoms with Gasteiger partial charge in [-0.15, -0.1) is 0 Å². The van der Waals surface area contributed by atoms with Gasteiger partial charge in [-0.3, -0.25) is 4.79 Å². The zero-order valence-corrected chi connectivity index (χ0v) is 11.7. The van der Waals surface area contributed by atoms with E-state index in [-0.39, 0.29) is 12.4 Å². The van der Waals surface area contributed by atoms with Gasteiger partial charge in [-0.05, 0) is 30.0 Å². The molecule has 0 bridgehead atoms. The number of ether oxygens (including phenoxy) is 2. The van der Waals surface area contributed by atoms with Gasteiger partial charge in [-0.2, -0.15) is 0 Å². The van der Waals surface area contributed by atoms with Crippen LogP contribution in [0.4, 0.5) is 5.69 Å². The summed E-state index contributed by atoms with van der Waals surface area (Å²) in [5.74, 6) is 0.379. The SMILES string of the molecule is CC(C)CCOCCOC(=O)Cc1cccc(N)c1. The maximum atomic E-state index is 11.5. The zero-order valence-electron chi connectivity index (χ0n) is 11.7. The highest BCUT2D eigenvalue weighted by Crippen LogP contribution is 2.07. The van der Waals surface area contributed by atoms with Gasteiger partial charge in [0.2, 0.25) is 0 Å². The summed E-state index contributed by atoms with van der Waals surface area (Å²) < 4.78 is 10.5. The molecule has 0 saturated carbocycles. The van der Waals surface area contributed by atoms with Crippen molar-refractivity contribution in [3.8, 4) is 0 Å². The van der Waals surface area contributed by atoms with Crippen molar-refractivity contribution >= 4 is 11.7 Å². The summed E-state index contributed by atoms with van der Waals surface area (Å²) in [5, 5.41) is 0. The molecule has 19 heavy (non-hydrogen) atoms. The summed E-state index contributed by atoms with van der Waals surface area (Å²) in [4.78, 5) is 11.5. The first kappa shape index (κ1) is 15.5. The van der Waals surface area contributed by atoms with Crippen molar-refractivity contribution in [3.05, 3.63) is 29.8 Å². The summed E-state index contributed by atoms with van der Waals surface area (Å²) in [6.45, 7) is 5.77. The van der Waals surface area contributed by atoms with Crippen LogP contribution in [0.3, 0.4) is 0 Å². The molecule has 0 amide bonds. The van der Waals surface area contributed by atoms with Crippen molar-refractivity contribution in [2.24, 2.45) is 5.92 Å². The Labute approximate surface area is 114 Å². The summed E-state index contributed by atoms with van der Waals surface area (Å²) in [5.41, 5.74) is 7.16. The number of carbonyl (C=O) groups excluding carboxylic acids is 1. The molecule has 4 heteroatoms. The molecule has 2 N–H and O–H groups in total. The van der Waals surface area contributed by atoms with Crippen LogP contribution in [0.15, 0.2) is 24.3 Å². The molecule has 0 radical (unpaired) electrons. The molecule has 0 spiro atoms. The van der Waals surface area contributed by atoms with E-state index in [1.54, 1.807) is 12.1 Å². The standard InChI is InChI=1S/C15H23NO3/c1-12(2)6-7-18-8-9-19-15(17)11-13-4-3-5-14(16)10-13/h3-5,10,12H,6-9,11,16H2,1-2H3. The van der Waals surface area contributed by atoms with Crippen LogP contribution in [-0.2, 0) is 20.7 Å². The number of benzene rings is 1. The van der Waals surface area contributed by atoms with E-state index in [1.165, 1.54) is 0 Å². The van der Waals surface area contributed by atoms with E-state index in [0.717, 1.165) is 12.0 Å². The molecule has 0 atom stereocenters. The van der Waals surface area contributed by atoms with Gasteiger partial charge >= 0.3 is 5.97 Å². The number of esters is 1. The second-order valence-corrected chi connectivity index (χ2v) is 4.94. The number of hydrogen-bond donors (Lipinski definition) is 1. The van der Waals surface area contributed by atoms with Gasteiger partial charge in [0.15, 0.2) is 0 Å². The van der Waals surface area contributed by atoms with Gasteiger partial charge < -0.3 is 15.2 Å². The summed E-state index contributed by atoms with van der Waals surface area (Å²) in [6.07, 6.45) is 1.27. The fraction of sp³-hybridized carbons (Fsp3) is 0.533. The van der Waals surface area contributed by atoms with E-state index in [9.17, 15) is 4.79 Å². The van der Waals surface area contributed by atoms with Gasteiger partial charge in [0.1, 0.15) is 6.61 Å². The van der Waals surface area contributed by atoms with Gasteiger partial charge in [0.05, 0.1) is 13.0 Å². The Hall–Kier alpha value is -1.55. The van der Waals surface area contributed by atoms with E-state index in [2.05, 4.69) is 13.8 Å². The third kappa shape index (κ3) is 7.47. The predicted octanol–water partition coefficient (Wildman–Crippen LogP) is 2.42. The minimum absolute atomic E-state index is 0.247. The second kappa shape index (κ2) is 8.53. The Morgan fingerprint density at radius 3 is 2.74 bits per heavy atom. The molecule has 0 unspecified atom stereocenters. The fourth-order valence-electron chi connectivity index (χ4n) is 1.56. The van der Waals surface area contributed by atoms with Gasteiger partial charge in [0, 0.05) is 12.3 Å². The molecule has 4 nitrogen and oxygen atoms in total. The van der Waals surface area contributed by atoms with Crippen molar-refractivity contribution in [2.75, 3.05) is 25.6 Å². The molecule has 1 rings (SSSR count). The van der Waals surface area contributed by atoms with Crippen LogP contribution in [0.1, 0.15) is 25.8 Å². The van der Waals surface area contributed by atoms with Gasteiger partial charge in [-0.25, -0.2) is 0 Å². The molecule has 0 aromatic heterocycles. The summed E-state index contributed by atoms with van der Waals surface area (Å²) in [7, 11) is 0. The third-order valence-corrected chi connectivity index (χ3v) is 2.63. The molecule has 1 aromatic rings. The molecule has 0 aliphatic carbocycles. The molecule has 0 saturated heterocycles. The molecule has 0 aliphatic heterocycles. The normalized spacial score (nSPS) is 10.7. The monoisotopic (exact) mass is 265 g/mol. The lowest BCUT2D eigenvalue weighted by Gasteiger charge is -2.07. The average Bonchev–Trinajstić information content (AvgIpc) is 2.33. The zero-order chi connectivity index (χ0) is 14.1. The minimum atomic E-state index is -0.252.